The Labute approximate surface area is 268 Å². The van der Waals surface area contributed by atoms with E-state index in [1.807, 2.05) is 30.3 Å². The topological polar surface area (TPSA) is 129 Å². The van der Waals surface area contributed by atoms with Gasteiger partial charge < -0.3 is 29.7 Å². The molecule has 3 aliphatic heterocycles. The van der Waals surface area contributed by atoms with Gasteiger partial charge in [0.25, 0.3) is 0 Å². The van der Waals surface area contributed by atoms with Crippen LogP contribution >= 0.6 is 0 Å². The second kappa shape index (κ2) is 14.1. The third kappa shape index (κ3) is 8.14. The van der Waals surface area contributed by atoms with Gasteiger partial charge in [-0.25, -0.2) is 9.18 Å². The third-order valence-corrected chi connectivity index (χ3v) is 8.48. The predicted octanol–water partition coefficient (Wildman–Crippen LogP) is 2.88. The van der Waals surface area contributed by atoms with Gasteiger partial charge in [-0.05, 0) is 63.3 Å². The van der Waals surface area contributed by atoms with Crippen LogP contribution in [0.2, 0.25) is 0 Å². The van der Waals surface area contributed by atoms with Crippen molar-refractivity contribution in [3.05, 3.63) is 65.5 Å². The summed E-state index contributed by atoms with van der Waals surface area (Å²) in [6.07, 6.45) is -1.14. The van der Waals surface area contributed by atoms with Crippen molar-refractivity contribution in [2.75, 3.05) is 32.8 Å². The maximum Gasteiger partial charge on any atom is 0.411 e. The van der Waals surface area contributed by atoms with Gasteiger partial charge in [0.15, 0.2) is 0 Å². The normalized spacial score (nSPS) is 23.6. The molecular formula is C34H43FN4O7. The van der Waals surface area contributed by atoms with Crippen molar-refractivity contribution in [3.63, 3.8) is 0 Å². The fourth-order valence-corrected chi connectivity index (χ4v) is 6.23. The molecule has 11 nitrogen and oxygen atoms in total. The highest BCUT2D eigenvalue weighted by atomic mass is 19.1. The first-order valence-corrected chi connectivity index (χ1v) is 15.9. The number of carbonyl (C=O) groups excluding carboxylic acids is 4. The molecule has 1 unspecified atom stereocenters. The quantitative estimate of drug-likeness (QED) is 0.527. The van der Waals surface area contributed by atoms with Crippen molar-refractivity contribution in [2.24, 2.45) is 5.92 Å². The van der Waals surface area contributed by atoms with E-state index in [1.54, 1.807) is 36.6 Å². The summed E-state index contributed by atoms with van der Waals surface area (Å²) in [4.78, 5) is 58.4. The molecule has 4 bridgehead atoms. The van der Waals surface area contributed by atoms with Gasteiger partial charge in [-0.2, -0.15) is 0 Å². The lowest BCUT2D eigenvalue weighted by Crippen LogP contribution is -2.66. The monoisotopic (exact) mass is 638 g/mol. The minimum atomic E-state index is -1.61. The lowest BCUT2D eigenvalue weighted by Gasteiger charge is -2.44. The molecule has 0 saturated carbocycles. The van der Waals surface area contributed by atoms with Gasteiger partial charge in [-0.1, -0.05) is 30.3 Å². The van der Waals surface area contributed by atoms with Crippen molar-refractivity contribution >= 4 is 23.8 Å². The summed E-state index contributed by atoms with van der Waals surface area (Å²) < 4.78 is 26.2. The fourth-order valence-electron chi connectivity index (χ4n) is 6.23. The van der Waals surface area contributed by atoms with Crippen LogP contribution < -0.4 is 10.1 Å². The average Bonchev–Trinajstić information content (AvgIpc) is 3.36. The van der Waals surface area contributed by atoms with E-state index in [2.05, 4.69) is 5.32 Å². The Morgan fingerprint density at radius 2 is 1.83 bits per heavy atom. The second-order valence-corrected chi connectivity index (χ2v) is 13.3. The van der Waals surface area contributed by atoms with Crippen molar-refractivity contribution in [3.8, 4) is 5.75 Å². The maximum atomic E-state index is 14.8. The summed E-state index contributed by atoms with van der Waals surface area (Å²) in [5.74, 6) is -2.02. The van der Waals surface area contributed by atoms with E-state index in [1.165, 1.54) is 17.0 Å². The van der Waals surface area contributed by atoms with Crippen molar-refractivity contribution in [2.45, 2.75) is 76.8 Å². The highest BCUT2D eigenvalue weighted by Crippen LogP contribution is 2.26. The van der Waals surface area contributed by atoms with Gasteiger partial charge in [-0.3, -0.25) is 19.3 Å². The molecule has 4 amide bonds. The standard InChI is InChI=1S/C34H43FN4O7/c1-34(2,3)46-33(44)39-13-12-38(20-22-9-5-4-6-10-22)32(43)29(39)30(41)27-17-23-15-25(35)19-26(16-23)45-14-8-7-11-37-21-24(18-28(37)40)31(42)36-27/h4-6,9-10,15-16,19,24,27,29-30,41H,7-8,11-14,17-18,20-21H2,1-3H3,(H,36,42)/t24?,27-,29-,30-/m0/s1. The van der Waals surface area contributed by atoms with E-state index < -0.39 is 53.4 Å². The first kappa shape index (κ1) is 33.2. The average molecular weight is 639 g/mol. The summed E-state index contributed by atoms with van der Waals surface area (Å²) in [6.45, 7) is 6.68. The molecule has 0 spiro atoms. The Morgan fingerprint density at radius 3 is 2.57 bits per heavy atom. The first-order valence-electron chi connectivity index (χ1n) is 15.9. The van der Waals surface area contributed by atoms with Crippen LogP contribution in [-0.4, -0.2) is 100 Å². The fraction of sp³-hybridized carbons (Fsp3) is 0.529. The van der Waals surface area contributed by atoms with Gasteiger partial charge in [0.05, 0.1) is 18.6 Å². The number of aliphatic hydroxyl groups is 1. The van der Waals surface area contributed by atoms with Crippen LogP contribution in [0.3, 0.4) is 0 Å². The molecule has 5 rings (SSSR count). The lowest BCUT2D eigenvalue weighted by atomic mass is 9.92. The van der Waals surface area contributed by atoms with E-state index >= 15 is 0 Å². The Hall–Kier alpha value is -4.19. The van der Waals surface area contributed by atoms with Crippen LogP contribution in [-0.2, 0) is 32.1 Å². The number of carbonyl (C=O) groups is 4. The highest BCUT2D eigenvalue weighted by molar-refractivity contribution is 5.90. The SMILES string of the molecule is CC(C)(C)OC(=O)N1CCN(Cc2ccccc2)C(=O)[C@@H]1[C@@H](O)[C@@H]1Cc2cc(F)cc(c2)OCCCCN2CC(CC2=O)C(=O)N1. The molecule has 2 fully saturated rings. The van der Waals surface area contributed by atoms with Crippen LogP contribution in [0.15, 0.2) is 48.5 Å². The Kier molecular flexibility index (Phi) is 10.1. The number of nitrogens with one attached hydrogen (secondary N) is 1. The van der Waals surface area contributed by atoms with Gasteiger partial charge in [-0.15, -0.1) is 0 Å². The largest absolute Gasteiger partial charge is 0.493 e. The van der Waals surface area contributed by atoms with E-state index in [-0.39, 0.29) is 44.9 Å². The molecule has 2 saturated heterocycles. The van der Waals surface area contributed by atoms with E-state index in [9.17, 15) is 28.7 Å². The maximum absolute atomic E-state index is 14.8. The lowest BCUT2D eigenvalue weighted by molar-refractivity contribution is -0.149. The number of hydrogen-bond donors (Lipinski definition) is 2. The van der Waals surface area contributed by atoms with Gasteiger partial charge in [0.1, 0.15) is 29.3 Å². The van der Waals surface area contributed by atoms with E-state index in [0.717, 1.165) is 5.56 Å². The number of fused-ring (bicyclic) bond motifs is 4. The first-order chi connectivity index (χ1) is 21.9. The number of piperazine rings is 1. The molecule has 248 valence electrons. The molecule has 2 aromatic carbocycles. The van der Waals surface area contributed by atoms with Crippen LogP contribution in [0.5, 0.6) is 5.75 Å². The summed E-state index contributed by atoms with van der Waals surface area (Å²) in [5, 5.41) is 14.9. The summed E-state index contributed by atoms with van der Waals surface area (Å²) >= 11 is 0. The zero-order chi connectivity index (χ0) is 33.0. The molecular weight excluding hydrogens is 595 g/mol. The number of benzene rings is 2. The minimum Gasteiger partial charge on any atom is -0.493 e. The van der Waals surface area contributed by atoms with Crippen LogP contribution in [0.1, 0.15) is 51.2 Å². The van der Waals surface area contributed by atoms with Crippen LogP contribution in [0, 0.1) is 11.7 Å². The number of aliphatic hydroxyl groups excluding tert-OH is 1. The van der Waals surface area contributed by atoms with Crippen molar-refractivity contribution < 1.29 is 38.1 Å². The molecule has 2 N–H and O–H groups in total. The number of rotatable bonds is 4. The molecule has 46 heavy (non-hydrogen) atoms. The zero-order valence-corrected chi connectivity index (χ0v) is 26.6. The highest BCUT2D eigenvalue weighted by Gasteiger charge is 2.47. The molecule has 3 heterocycles. The molecule has 0 aromatic heterocycles. The van der Waals surface area contributed by atoms with Gasteiger partial charge in [0.2, 0.25) is 17.7 Å². The van der Waals surface area contributed by atoms with Gasteiger partial charge in [0, 0.05) is 45.2 Å². The van der Waals surface area contributed by atoms with E-state index in [0.29, 0.717) is 37.3 Å². The zero-order valence-electron chi connectivity index (χ0n) is 26.6. The molecule has 0 radical (unpaired) electrons. The van der Waals surface area contributed by atoms with Crippen molar-refractivity contribution in [1.29, 1.82) is 0 Å². The van der Waals surface area contributed by atoms with Crippen molar-refractivity contribution in [1.82, 2.24) is 20.0 Å². The smallest absolute Gasteiger partial charge is 0.411 e. The summed E-state index contributed by atoms with van der Waals surface area (Å²) in [6, 6.07) is 11.0. The van der Waals surface area contributed by atoms with Crippen LogP contribution in [0.25, 0.3) is 0 Å². The van der Waals surface area contributed by atoms with E-state index in [4.69, 9.17) is 9.47 Å². The predicted molar refractivity (Wildman–Crippen MR) is 166 cm³/mol. The molecule has 4 atom stereocenters. The Balaban J connectivity index is 1.49. The molecule has 3 aliphatic rings. The van der Waals surface area contributed by atoms with Crippen LogP contribution in [0.4, 0.5) is 9.18 Å². The number of nitrogens with zero attached hydrogens (tertiary/aromatic N) is 3. The number of amides is 4. The second-order valence-electron chi connectivity index (χ2n) is 13.3. The molecule has 0 aliphatic carbocycles. The Morgan fingerprint density at radius 1 is 1.07 bits per heavy atom. The third-order valence-electron chi connectivity index (χ3n) is 8.48. The number of ether oxygens (including phenoxy) is 2. The number of hydrogen-bond acceptors (Lipinski definition) is 7. The van der Waals surface area contributed by atoms with Gasteiger partial charge >= 0.3 is 6.09 Å². The minimum absolute atomic E-state index is 0.0203. The summed E-state index contributed by atoms with van der Waals surface area (Å²) in [5.41, 5.74) is 0.429. The summed E-state index contributed by atoms with van der Waals surface area (Å²) in [7, 11) is 0. The Bertz CT molecular complexity index is 1430. The number of halogens is 1. The molecule has 12 heteroatoms. The molecule has 2 aromatic rings.